The second kappa shape index (κ2) is 6.25. The largest absolute Gasteiger partial charge is 0.248 e. The van der Waals surface area contributed by atoms with E-state index in [1.807, 2.05) is 22.7 Å². The Morgan fingerprint density at radius 3 is 2.67 bits per heavy atom. The zero-order valence-electron chi connectivity index (χ0n) is 15.0. The van der Waals surface area contributed by atoms with E-state index < -0.39 is 0 Å². The number of pyridine rings is 1. The van der Waals surface area contributed by atoms with E-state index in [1.165, 1.54) is 5.56 Å². The topological polar surface area (TPSA) is 56.0 Å². The third-order valence-corrected chi connectivity index (χ3v) is 5.57. The minimum atomic E-state index is 0.801. The smallest absolute Gasteiger partial charge is 0.234 e. The molecule has 27 heavy (non-hydrogen) atoms. The van der Waals surface area contributed by atoms with Crippen molar-refractivity contribution in [2.45, 2.75) is 20.3 Å². The summed E-state index contributed by atoms with van der Waals surface area (Å²) in [6.45, 7) is 4.16. The lowest BCUT2D eigenvalue weighted by Gasteiger charge is -2.09. The minimum absolute atomic E-state index is 0.801. The summed E-state index contributed by atoms with van der Waals surface area (Å²) in [7, 11) is 0. The number of fused-ring (bicyclic) bond motifs is 2. The monoisotopic (exact) mass is 371 g/mol. The van der Waals surface area contributed by atoms with Crippen molar-refractivity contribution in [2.75, 3.05) is 0 Å². The van der Waals surface area contributed by atoms with Gasteiger partial charge in [0, 0.05) is 22.9 Å². The molecule has 3 aromatic heterocycles. The predicted octanol–water partition coefficient (Wildman–Crippen LogP) is 4.94. The third-order valence-electron chi connectivity index (χ3n) is 4.64. The maximum atomic E-state index is 4.89. The van der Waals surface area contributed by atoms with E-state index in [-0.39, 0.29) is 0 Å². The molecule has 6 heteroatoms. The van der Waals surface area contributed by atoms with Gasteiger partial charge in [-0.2, -0.15) is 9.61 Å². The summed E-state index contributed by atoms with van der Waals surface area (Å²) in [5.74, 6) is 0.880. The molecule has 5 nitrogen and oxygen atoms in total. The van der Waals surface area contributed by atoms with E-state index >= 15 is 0 Å². The molecule has 0 saturated heterocycles. The van der Waals surface area contributed by atoms with Crippen LogP contribution in [0.2, 0.25) is 0 Å². The molecule has 0 aliphatic heterocycles. The summed E-state index contributed by atoms with van der Waals surface area (Å²) in [5, 5.41) is 15.3. The average Bonchev–Trinajstić information content (AvgIpc) is 3.28. The van der Waals surface area contributed by atoms with Gasteiger partial charge in [-0.15, -0.1) is 10.2 Å². The Morgan fingerprint density at radius 1 is 1.00 bits per heavy atom. The first kappa shape index (κ1) is 16.1. The van der Waals surface area contributed by atoms with E-state index in [0.717, 1.165) is 49.9 Å². The van der Waals surface area contributed by atoms with Crippen LogP contribution in [-0.2, 0) is 6.42 Å². The Morgan fingerprint density at radius 2 is 1.85 bits per heavy atom. The van der Waals surface area contributed by atoms with Crippen LogP contribution >= 0.6 is 11.3 Å². The Hall–Kier alpha value is -3.12. The van der Waals surface area contributed by atoms with Crippen LogP contribution in [0.25, 0.3) is 37.7 Å². The first-order valence-electron chi connectivity index (χ1n) is 8.91. The number of aromatic nitrogens is 5. The van der Waals surface area contributed by atoms with Crippen molar-refractivity contribution in [2.24, 2.45) is 0 Å². The highest BCUT2D eigenvalue weighted by Crippen LogP contribution is 2.34. The first-order valence-corrected chi connectivity index (χ1v) is 9.73. The Balaban J connectivity index is 1.80. The molecule has 5 rings (SSSR count). The molecular formula is C21H17N5S. The van der Waals surface area contributed by atoms with Crippen molar-refractivity contribution in [3.8, 4) is 21.8 Å². The van der Waals surface area contributed by atoms with Crippen LogP contribution in [0.1, 0.15) is 18.3 Å². The number of rotatable bonds is 3. The molecule has 0 bridgehead atoms. The number of aryl methyl sites for hydroxylation is 2. The Bertz CT molecular complexity index is 1270. The van der Waals surface area contributed by atoms with Gasteiger partial charge in [-0.05, 0) is 25.1 Å². The fourth-order valence-corrected chi connectivity index (χ4v) is 4.15. The molecule has 0 radical (unpaired) electrons. The lowest BCUT2D eigenvalue weighted by Crippen LogP contribution is -1.94. The van der Waals surface area contributed by atoms with Crippen molar-refractivity contribution in [3.05, 3.63) is 66.0 Å². The normalized spacial score (nSPS) is 11.5. The van der Waals surface area contributed by atoms with Crippen molar-refractivity contribution >= 4 is 27.2 Å². The van der Waals surface area contributed by atoms with Gasteiger partial charge in [-0.1, -0.05) is 60.2 Å². The maximum Gasteiger partial charge on any atom is 0.234 e. The maximum absolute atomic E-state index is 4.89. The first-order chi connectivity index (χ1) is 13.2. The minimum Gasteiger partial charge on any atom is -0.248 e. The molecule has 0 N–H and O–H groups in total. The predicted molar refractivity (Wildman–Crippen MR) is 109 cm³/mol. The van der Waals surface area contributed by atoms with Crippen LogP contribution in [0.15, 0.2) is 54.6 Å². The van der Waals surface area contributed by atoms with Gasteiger partial charge in [0.15, 0.2) is 5.82 Å². The average molecular weight is 371 g/mol. The summed E-state index contributed by atoms with van der Waals surface area (Å²) in [4.78, 5) is 5.71. The van der Waals surface area contributed by atoms with E-state index in [2.05, 4.69) is 60.4 Å². The number of hydrogen-bond acceptors (Lipinski definition) is 5. The molecule has 0 aliphatic carbocycles. The van der Waals surface area contributed by atoms with E-state index in [1.54, 1.807) is 11.3 Å². The van der Waals surface area contributed by atoms with Crippen LogP contribution in [0.4, 0.5) is 0 Å². The third kappa shape index (κ3) is 2.69. The van der Waals surface area contributed by atoms with Gasteiger partial charge in [0.1, 0.15) is 5.01 Å². The zero-order chi connectivity index (χ0) is 18.4. The Labute approximate surface area is 160 Å². The van der Waals surface area contributed by atoms with Crippen molar-refractivity contribution in [3.63, 3.8) is 0 Å². The fourth-order valence-electron chi connectivity index (χ4n) is 3.26. The zero-order valence-corrected chi connectivity index (χ0v) is 15.9. The summed E-state index contributed by atoms with van der Waals surface area (Å²) in [6.07, 6.45) is 0.801. The van der Waals surface area contributed by atoms with Gasteiger partial charge in [-0.3, -0.25) is 0 Å². The number of benzene rings is 2. The highest BCUT2D eigenvalue weighted by molar-refractivity contribution is 7.19. The lowest BCUT2D eigenvalue weighted by molar-refractivity contribution is 0.838. The second-order valence-electron chi connectivity index (χ2n) is 6.51. The quantitative estimate of drug-likeness (QED) is 0.451. The van der Waals surface area contributed by atoms with Crippen LogP contribution < -0.4 is 0 Å². The SMILES string of the molecule is CCc1nnc2sc(-c3cc(-c4ccccc4)nc4ccc(C)cc34)nn12. The van der Waals surface area contributed by atoms with Gasteiger partial charge in [0.2, 0.25) is 4.96 Å². The van der Waals surface area contributed by atoms with Gasteiger partial charge >= 0.3 is 0 Å². The number of nitrogens with zero attached hydrogens (tertiary/aromatic N) is 5. The number of hydrogen-bond donors (Lipinski definition) is 0. The summed E-state index contributed by atoms with van der Waals surface area (Å²) >= 11 is 1.56. The fraction of sp³-hybridized carbons (Fsp3) is 0.143. The summed E-state index contributed by atoms with van der Waals surface area (Å²) < 4.78 is 1.85. The summed E-state index contributed by atoms with van der Waals surface area (Å²) in [5.41, 5.74) is 5.30. The molecule has 5 aromatic rings. The van der Waals surface area contributed by atoms with Crippen LogP contribution in [-0.4, -0.2) is 24.8 Å². The molecule has 0 aliphatic rings. The van der Waals surface area contributed by atoms with Crippen molar-refractivity contribution in [1.82, 2.24) is 24.8 Å². The van der Waals surface area contributed by atoms with E-state index in [9.17, 15) is 0 Å². The summed E-state index contributed by atoms with van der Waals surface area (Å²) in [6, 6.07) is 18.7. The van der Waals surface area contributed by atoms with Gasteiger partial charge < -0.3 is 0 Å². The standard InChI is InChI=1S/C21H17N5S/c1-3-19-23-24-21-26(19)25-20(27-21)16-12-18(14-7-5-4-6-8-14)22-17-10-9-13(2)11-15(16)17/h4-12H,3H2,1-2H3. The Kier molecular flexibility index (Phi) is 3.72. The molecule has 0 amide bonds. The van der Waals surface area contributed by atoms with Crippen molar-refractivity contribution < 1.29 is 0 Å². The van der Waals surface area contributed by atoms with E-state index in [0.29, 0.717) is 0 Å². The van der Waals surface area contributed by atoms with Crippen molar-refractivity contribution in [1.29, 1.82) is 0 Å². The van der Waals surface area contributed by atoms with E-state index in [4.69, 9.17) is 10.1 Å². The second-order valence-corrected chi connectivity index (χ2v) is 7.47. The molecule has 0 unspecified atom stereocenters. The molecule has 132 valence electrons. The molecule has 0 spiro atoms. The molecule has 0 saturated carbocycles. The van der Waals surface area contributed by atoms with Gasteiger partial charge in [0.05, 0.1) is 11.2 Å². The molecule has 3 heterocycles. The molecule has 0 fully saturated rings. The highest BCUT2D eigenvalue weighted by Gasteiger charge is 2.16. The van der Waals surface area contributed by atoms with Gasteiger partial charge in [0.25, 0.3) is 0 Å². The highest BCUT2D eigenvalue weighted by atomic mass is 32.1. The molecule has 0 atom stereocenters. The lowest BCUT2D eigenvalue weighted by atomic mass is 10.0. The van der Waals surface area contributed by atoms with Crippen LogP contribution in [0.3, 0.4) is 0 Å². The molecular weight excluding hydrogens is 354 g/mol. The van der Waals surface area contributed by atoms with Crippen LogP contribution in [0, 0.1) is 6.92 Å². The van der Waals surface area contributed by atoms with Gasteiger partial charge in [-0.25, -0.2) is 4.98 Å². The molecule has 2 aromatic carbocycles. The van der Waals surface area contributed by atoms with Crippen LogP contribution in [0.5, 0.6) is 0 Å².